The lowest BCUT2D eigenvalue weighted by atomic mass is 10.0. The zero-order chi connectivity index (χ0) is 22.1. The molecule has 3 aromatic rings. The Bertz CT molecular complexity index is 1200. The highest BCUT2D eigenvalue weighted by Crippen LogP contribution is 2.30. The molecule has 1 atom stereocenters. The number of amides is 1. The number of aryl methyl sites for hydroxylation is 1. The predicted octanol–water partition coefficient (Wildman–Crippen LogP) is 3.47. The number of piperidine rings is 1. The Morgan fingerprint density at radius 1 is 1.16 bits per heavy atom. The second-order valence-electron chi connectivity index (χ2n) is 8.19. The molecule has 1 fully saturated rings. The van der Waals surface area contributed by atoms with Crippen molar-refractivity contribution >= 4 is 22.8 Å². The number of primary amides is 1. The van der Waals surface area contributed by atoms with Crippen LogP contribution in [0.3, 0.4) is 0 Å². The quantitative estimate of drug-likeness (QED) is 0.683. The zero-order valence-electron chi connectivity index (χ0n) is 18.2. The Morgan fingerprint density at radius 2 is 1.87 bits per heavy atom. The molecule has 1 amide bonds. The number of carbonyl (C=O) groups excluding carboxylic acids is 1. The molecular weight excluding hydrogens is 392 g/mol. The number of anilines is 1. The first-order chi connectivity index (χ1) is 14.9. The van der Waals surface area contributed by atoms with E-state index in [1.54, 1.807) is 35.9 Å². The van der Waals surface area contributed by atoms with Gasteiger partial charge in [-0.15, -0.1) is 0 Å². The number of nitrogens with two attached hydrogens (primary N) is 1. The van der Waals surface area contributed by atoms with Crippen molar-refractivity contribution in [3.63, 3.8) is 0 Å². The van der Waals surface area contributed by atoms with Crippen molar-refractivity contribution in [1.82, 2.24) is 9.55 Å². The second kappa shape index (κ2) is 8.41. The predicted molar refractivity (Wildman–Crippen MR) is 122 cm³/mol. The van der Waals surface area contributed by atoms with Crippen LogP contribution in [-0.4, -0.2) is 28.5 Å². The van der Waals surface area contributed by atoms with Crippen LogP contribution in [0, 0.1) is 6.92 Å². The molecule has 0 radical (unpaired) electrons. The SMILES string of the molecule is Cc1cc(C(C)Oc2ccccc2C(N)=O)c2nc(N3CCCCC3)n(C)c(=O)c2c1. The zero-order valence-corrected chi connectivity index (χ0v) is 18.2. The Balaban J connectivity index is 1.83. The maximum Gasteiger partial charge on any atom is 0.262 e. The molecule has 7 nitrogen and oxygen atoms in total. The van der Waals surface area contributed by atoms with Crippen molar-refractivity contribution < 1.29 is 9.53 Å². The summed E-state index contributed by atoms with van der Waals surface area (Å²) in [5.41, 5.74) is 8.15. The van der Waals surface area contributed by atoms with Crippen LogP contribution < -0.4 is 20.9 Å². The molecule has 1 aliphatic heterocycles. The fraction of sp³-hybridized carbons (Fsp3) is 0.375. The van der Waals surface area contributed by atoms with E-state index in [0.29, 0.717) is 28.2 Å². The van der Waals surface area contributed by atoms with E-state index in [-0.39, 0.29) is 5.56 Å². The van der Waals surface area contributed by atoms with E-state index in [0.717, 1.165) is 37.1 Å². The third kappa shape index (κ3) is 4.00. The number of benzene rings is 2. The first-order valence-corrected chi connectivity index (χ1v) is 10.7. The molecule has 0 aliphatic carbocycles. The highest BCUT2D eigenvalue weighted by atomic mass is 16.5. The second-order valence-corrected chi connectivity index (χ2v) is 8.19. The lowest BCUT2D eigenvalue weighted by Crippen LogP contribution is -2.35. The van der Waals surface area contributed by atoms with Crippen LogP contribution in [0.1, 0.15) is 53.8 Å². The van der Waals surface area contributed by atoms with Gasteiger partial charge in [0.1, 0.15) is 11.9 Å². The summed E-state index contributed by atoms with van der Waals surface area (Å²) in [5.74, 6) is 0.556. The lowest BCUT2D eigenvalue weighted by molar-refractivity contribution is 0.0994. The summed E-state index contributed by atoms with van der Waals surface area (Å²) in [7, 11) is 1.78. The largest absolute Gasteiger partial charge is 0.485 e. The number of ether oxygens (including phenoxy) is 1. The number of hydrogen-bond donors (Lipinski definition) is 1. The van der Waals surface area contributed by atoms with Gasteiger partial charge < -0.3 is 15.4 Å². The van der Waals surface area contributed by atoms with Gasteiger partial charge in [0, 0.05) is 25.7 Å². The minimum absolute atomic E-state index is 0.0692. The molecule has 7 heteroatoms. The Hall–Kier alpha value is -3.35. The van der Waals surface area contributed by atoms with Crippen LogP contribution in [0.25, 0.3) is 10.9 Å². The van der Waals surface area contributed by atoms with E-state index in [1.807, 2.05) is 26.0 Å². The number of fused-ring (bicyclic) bond motifs is 1. The van der Waals surface area contributed by atoms with Gasteiger partial charge in [0.15, 0.2) is 0 Å². The minimum Gasteiger partial charge on any atom is -0.485 e. The molecule has 2 heterocycles. The van der Waals surface area contributed by atoms with Crippen molar-refractivity contribution in [2.75, 3.05) is 18.0 Å². The summed E-state index contributed by atoms with van der Waals surface area (Å²) in [6.45, 7) is 5.63. The van der Waals surface area contributed by atoms with E-state index in [2.05, 4.69) is 4.90 Å². The van der Waals surface area contributed by atoms with Gasteiger partial charge in [-0.25, -0.2) is 4.98 Å². The molecule has 1 unspecified atom stereocenters. The smallest absolute Gasteiger partial charge is 0.262 e. The number of para-hydroxylation sites is 1. The van der Waals surface area contributed by atoms with Crippen molar-refractivity contribution in [3.8, 4) is 5.75 Å². The average Bonchev–Trinajstić information content (AvgIpc) is 2.77. The molecule has 2 N–H and O–H groups in total. The average molecular weight is 421 g/mol. The first kappa shape index (κ1) is 20.9. The van der Waals surface area contributed by atoms with Gasteiger partial charge in [0.05, 0.1) is 16.5 Å². The molecule has 4 rings (SSSR count). The van der Waals surface area contributed by atoms with Crippen molar-refractivity contribution in [3.05, 3.63) is 63.4 Å². The van der Waals surface area contributed by atoms with Gasteiger partial charge in [-0.1, -0.05) is 18.2 Å². The van der Waals surface area contributed by atoms with Crippen LogP contribution in [0.15, 0.2) is 41.2 Å². The molecule has 162 valence electrons. The highest BCUT2D eigenvalue weighted by molar-refractivity contribution is 5.95. The Labute approximate surface area is 181 Å². The Kier molecular flexibility index (Phi) is 5.67. The van der Waals surface area contributed by atoms with Gasteiger partial charge in [0.25, 0.3) is 11.5 Å². The molecule has 0 spiro atoms. The summed E-state index contributed by atoms with van der Waals surface area (Å²) in [4.78, 5) is 32.1. The van der Waals surface area contributed by atoms with Crippen LogP contribution in [0.5, 0.6) is 5.75 Å². The van der Waals surface area contributed by atoms with E-state index < -0.39 is 12.0 Å². The third-order valence-corrected chi connectivity index (χ3v) is 5.86. The topological polar surface area (TPSA) is 90.4 Å². The Morgan fingerprint density at radius 3 is 2.58 bits per heavy atom. The highest BCUT2D eigenvalue weighted by Gasteiger charge is 2.22. The monoisotopic (exact) mass is 420 g/mol. The molecule has 1 saturated heterocycles. The molecule has 0 saturated carbocycles. The van der Waals surface area contributed by atoms with Crippen molar-refractivity contribution in [2.45, 2.75) is 39.2 Å². The summed E-state index contributed by atoms with van der Waals surface area (Å²) in [6, 6.07) is 10.8. The number of rotatable bonds is 5. The molecule has 1 aromatic heterocycles. The van der Waals surface area contributed by atoms with E-state index in [4.69, 9.17) is 15.5 Å². The van der Waals surface area contributed by atoms with Gasteiger partial charge >= 0.3 is 0 Å². The molecule has 1 aliphatic rings. The summed E-state index contributed by atoms with van der Waals surface area (Å²) in [6.07, 6.45) is 2.96. The number of nitrogens with zero attached hydrogens (tertiary/aromatic N) is 3. The van der Waals surface area contributed by atoms with Crippen molar-refractivity contribution in [1.29, 1.82) is 0 Å². The molecule has 31 heavy (non-hydrogen) atoms. The van der Waals surface area contributed by atoms with E-state index >= 15 is 0 Å². The molecule has 0 bridgehead atoms. The molecule has 2 aromatic carbocycles. The van der Waals surface area contributed by atoms with Crippen LogP contribution in [0.2, 0.25) is 0 Å². The van der Waals surface area contributed by atoms with Crippen LogP contribution in [0.4, 0.5) is 5.95 Å². The van der Waals surface area contributed by atoms with Gasteiger partial charge in [-0.3, -0.25) is 14.2 Å². The summed E-state index contributed by atoms with van der Waals surface area (Å²) in [5, 5.41) is 0.567. The summed E-state index contributed by atoms with van der Waals surface area (Å²) < 4.78 is 7.79. The van der Waals surface area contributed by atoms with E-state index in [1.165, 1.54) is 6.42 Å². The maximum atomic E-state index is 13.2. The van der Waals surface area contributed by atoms with E-state index in [9.17, 15) is 9.59 Å². The standard InChI is InChI=1S/C24H28N4O3/c1-15-13-18(16(2)31-20-10-6-5-9-17(20)22(25)29)21-19(14-15)23(30)27(3)24(26-21)28-11-7-4-8-12-28/h5-6,9-10,13-14,16H,4,7-8,11-12H2,1-3H3,(H2,25,29). The first-order valence-electron chi connectivity index (χ1n) is 10.7. The van der Waals surface area contributed by atoms with Gasteiger partial charge in [-0.2, -0.15) is 0 Å². The van der Waals surface area contributed by atoms with Crippen LogP contribution in [-0.2, 0) is 7.05 Å². The lowest BCUT2D eigenvalue weighted by Gasteiger charge is -2.29. The maximum absolute atomic E-state index is 13.2. The van der Waals surface area contributed by atoms with Crippen molar-refractivity contribution in [2.24, 2.45) is 12.8 Å². The normalized spacial score (nSPS) is 15.1. The van der Waals surface area contributed by atoms with Crippen LogP contribution >= 0.6 is 0 Å². The number of aromatic nitrogens is 2. The third-order valence-electron chi connectivity index (χ3n) is 5.86. The van der Waals surface area contributed by atoms with Gasteiger partial charge in [0.2, 0.25) is 5.95 Å². The molecular formula is C24H28N4O3. The number of hydrogen-bond acceptors (Lipinski definition) is 5. The summed E-state index contributed by atoms with van der Waals surface area (Å²) >= 11 is 0. The fourth-order valence-electron chi connectivity index (χ4n) is 4.25. The number of carbonyl (C=O) groups is 1. The minimum atomic E-state index is -0.545. The van der Waals surface area contributed by atoms with Gasteiger partial charge in [-0.05, 0) is 56.9 Å². The fourth-order valence-corrected chi connectivity index (χ4v) is 4.25.